The molecule has 1 N–H and O–H groups in total. The highest BCUT2D eigenvalue weighted by Crippen LogP contribution is 1.93. The molecule has 0 radical (unpaired) electrons. The van der Waals surface area contributed by atoms with Gasteiger partial charge in [-0.3, -0.25) is 9.59 Å². The van der Waals surface area contributed by atoms with Crippen molar-refractivity contribution < 1.29 is 14.3 Å². The molecular weight excluding hydrogens is 198 g/mol. The van der Waals surface area contributed by atoms with Crippen molar-refractivity contribution in [3.63, 3.8) is 0 Å². The van der Waals surface area contributed by atoms with E-state index in [0.29, 0.717) is 5.56 Å². The second-order valence-corrected chi connectivity index (χ2v) is 2.71. The van der Waals surface area contributed by atoms with Crippen LogP contribution in [0, 0.1) is 0 Å². The van der Waals surface area contributed by atoms with Crippen LogP contribution < -0.4 is 5.32 Å². The lowest BCUT2D eigenvalue weighted by molar-refractivity contribution is -0.140. The molecule has 0 saturated carbocycles. The van der Waals surface area contributed by atoms with E-state index < -0.39 is 0 Å². The van der Waals surface area contributed by atoms with Crippen LogP contribution in [0.3, 0.4) is 0 Å². The Balaban J connectivity index is 2.34. The van der Waals surface area contributed by atoms with Crippen LogP contribution in [0.5, 0.6) is 0 Å². The Morgan fingerprint density at radius 1 is 1.47 bits per heavy atom. The van der Waals surface area contributed by atoms with Crippen molar-refractivity contribution in [2.45, 2.75) is 6.42 Å². The first-order valence-electron chi connectivity index (χ1n) is 4.35. The summed E-state index contributed by atoms with van der Waals surface area (Å²) in [6, 6.07) is 1.54. The van der Waals surface area contributed by atoms with Crippen molar-refractivity contribution in [2.75, 3.05) is 13.7 Å². The van der Waals surface area contributed by atoms with Crippen LogP contribution in [0.15, 0.2) is 18.5 Å². The van der Waals surface area contributed by atoms with Crippen molar-refractivity contribution >= 4 is 11.9 Å². The Bertz CT molecular complexity index is 340. The Morgan fingerprint density at radius 3 is 2.87 bits per heavy atom. The molecule has 0 saturated heterocycles. The fourth-order valence-corrected chi connectivity index (χ4v) is 0.907. The van der Waals surface area contributed by atoms with Gasteiger partial charge in [-0.25, -0.2) is 0 Å². The summed E-state index contributed by atoms with van der Waals surface area (Å²) in [5, 5.41) is 9.66. The number of carbonyl (C=O) groups is 2. The van der Waals surface area contributed by atoms with Crippen LogP contribution in [0.25, 0.3) is 0 Å². The average Bonchev–Trinajstić information content (AvgIpc) is 2.29. The van der Waals surface area contributed by atoms with E-state index in [0.717, 1.165) is 0 Å². The van der Waals surface area contributed by atoms with Crippen molar-refractivity contribution in [3.05, 3.63) is 24.0 Å². The second-order valence-electron chi connectivity index (χ2n) is 2.71. The lowest BCUT2D eigenvalue weighted by Gasteiger charge is -2.03. The van der Waals surface area contributed by atoms with Gasteiger partial charge in [-0.1, -0.05) is 0 Å². The van der Waals surface area contributed by atoms with Gasteiger partial charge in [0.15, 0.2) is 0 Å². The molecule has 6 heteroatoms. The largest absolute Gasteiger partial charge is 0.469 e. The van der Waals surface area contributed by atoms with E-state index in [1.807, 2.05) is 0 Å². The smallest absolute Gasteiger partial charge is 0.307 e. The summed E-state index contributed by atoms with van der Waals surface area (Å²) in [6.07, 6.45) is 2.93. The predicted molar refractivity (Wildman–Crippen MR) is 51.0 cm³/mol. The van der Waals surface area contributed by atoms with E-state index in [2.05, 4.69) is 20.3 Å². The van der Waals surface area contributed by atoms with Crippen LogP contribution in [0.2, 0.25) is 0 Å². The molecule has 0 unspecified atom stereocenters. The molecule has 0 spiro atoms. The lowest BCUT2D eigenvalue weighted by Crippen LogP contribution is -2.26. The van der Waals surface area contributed by atoms with Crippen molar-refractivity contribution in [1.82, 2.24) is 15.5 Å². The first-order chi connectivity index (χ1) is 7.24. The minimum atomic E-state index is -0.358. The summed E-state index contributed by atoms with van der Waals surface area (Å²) in [5.74, 6) is -0.642. The van der Waals surface area contributed by atoms with Crippen molar-refractivity contribution in [1.29, 1.82) is 0 Å². The SMILES string of the molecule is COC(=O)CCNC(=O)c1ccnnc1. The zero-order chi connectivity index (χ0) is 11.1. The molecule has 0 aromatic carbocycles. The number of ether oxygens (including phenoxy) is 1. The maximum absolute atomic E-state index is 11.4. The number of carbonyl (C=O) groups excluding carboxylic acids is 2. The van der Waals surface area contributed by atoms with Gasteiger partial charge < -0.3 is 10.1 Å². The summed E-state index contributed by atoms with van der Waals surface area (Å²) in [5.41, 5.74) is 0.412. The normalized spacial score (nSPS) is 9.40. The molecule has 0 aliphatic carbocycles. The number of methoxy groups -OCH3 is 1. The summed E-state index contributed by atoms with van der Waals surface area (Å²) < 4.78 is 4.43. The number of hydrogen-bond acceptors (Lipinski definition) is 5. The zero-order valence-corrected chi connectivity index (χ0v) is 8.27. The Hall–Kier alpha value is -1.98. The minimum absolute atomic E-state index is 0.154. The molecular formula is C9H11N3O3. The molecule has 0 bridgehead atoms. The van der Waals surface area contributed by atoms with Crippen LogP contribution in [0.4, 0.5) is 0 Å². The zero-order valence-electron chi connectivity index (χ0n) is 8.27. The van der Waals surface area contributed by atoms with Crippen molar-refractivity contribution in [3.8, 4) is 0 Å². The van der Waals surface area contributed by atoms with Gasteiger partial charge in [-0.05, 0) is 6.07 Å². The Morgan fingerprint density at radius 2 is 2.27 bits per heavy atom. The highest BCUT2D eigenvalue weighted by atomic mass is 16.5. The molecule has 0 aliphatic heterocycles. The quantitative estimate of drug-likeness (QED) is 0.693. The van der Waals surface area contributed by atoms with Gasteiger partial charge in [0.05, 0.1) is 31.5 Å². The highest BCUT2D eigenvalue weighted by Gasteiger charge is 2.06. The lowest BCUT2D eigenvalue weighted by atomic mass is 10.3. The number of aromatic nitrogens is 2. The fourth-order valence-electron chi connectivity index (χ4n) is 0.907. The van der Waals surface area contributed by atoms with Gasteiger partial charge in [-0.2, -0.15) is 10.2 Å². The first kappa shape index (κ1) is 11.1. The van der Waals surface area contributed by atoms with Crippen LogP contribution in [-0.2, 0) is 9.53 Å². The average molecular weight is 209 g/mol. The van der Waals surface area contributed by atoms with Gasteiger partial charge >= 0.3 is 5.97 Å². The van der Waals surface area contributed by atoms with Gasteiger partial charge in [0.1, 0.15) is 0 Å². The molecule has 6 nitrogen and oxygen atoms in total. The molecule has 0 fully saturated rings. The van der Waals surface area contributed by atoms with Gasteiger partial charge in [-0.15, -0.1) is 0 Å². The topological polar surface area (TPSA) is 81.2 Å². The van der Waals surface area contributed by atoms with Crippen LogP contribution in [-0.4, -0.2) is 35.7 Å². The monoisotopic (exact) mass is 209 g/mol. The standard InChI is InChI=1S/C9H11N3O3/c1-15-8(13)3-4-10-9(14)7-2-5-11-12-6-7/h2,5-6H,3-4H2,1H3,(H,10,14). The minimum Gasteiger partial charge on any atom is -0.469 e. The molecule has 1 rings (SSSR count). The van der Waals surface area contributed by atoms with E-state index >= 15 is 0 Å². The second kappa shape index (κ2) is 5.69. The highest BCUT2D eigenvalue weighted by molar-refractivity contribution is 5.93. The number of amides is 1. The number of hydrogen-bond donors (Lipinski definition) is 1. The number of nitrogens with zero attached hydrogens (tertiary/aromatic N) is 2. The van der Waals surface area contributed by atoms with Gasteiger partial charge in [0, 0.05) is 6.54 Å². The first-order valence-corrected chi connectivity index (χ1v) is 4.35. The molecule has 1 amide bonds. The number of nitrogens with one attached hydrogen (secondary N) is 1. The van der Waals surface area contributed by atoms with Gasteiger partial charge in [0.2, 0.25) is 0 Å². The number of esters is 1. The fraction of sp³-hybridized carbons (Fsp3) is 0.333. The molecule has 0 aliphatic rings. The van der Waals surface area contributed by atoms with E-state index in [9.17, 15) is 9.59 Å². The summed E-state index contributed by atoms with van der Waals surface area (Å²) in [7, 11) is 1.30. The van der Waals surface area contributed by atoms with Gasteiger partial charge in [0.25, 0.3) is 5.91 Å². The van der Waals surface area contributed by atoms with E-state index in [1.54, 1.807) is 6.07 Å². The number of rotatable bonds is 4. The van der Waals surface area contributed by atoms with E-state index in [4.69, 9.17) is 0 Å². The van der Waals surface area contributed by atoms with E-state index in [-0.39, 0.29) is 24.8 Å². The molecule has 15 heavy (non-hydrogen) atoms. The predicted octanol–water partition coefficient (Wildman–Crippen LogP) is -0.231. The molecule has 1 aromatic rings. The summed E-state index contributed by atoms with van der Waals surface area (Å²) in [6.45, 7) is 0.244. The Kier molecular flexibility index (Phi) is 4.21. The maximum Gasteiger partial charge on any atom is 0.307 e. The maximum atomic E-state index is 11.4. The van der Waals surface area contributed by atoms with E-state index in [1.165, 1.54) is 19.5 Å². The molecule has 1 heterocycles. The Labute approximate surface area is 86.7 Å². The third-order valence-electron chi connectivity index (χ3n) is 1.69. The van der Waals surface area contributed by atoms with Crippen LogP contribution in [0.1, 0.15) is 16.8 Å². The molecule has 1 aromatic heterocycles. The summed E-state index contributed by atoms with van der Waals surface area (Å²) in [4.78, 5) is 22.1. The third kappa shape index (κ3) is 3.72. The third-order valence-corrected chi connectivity index (χ3v) is 1.69. The molecule has 0 atom stereocenters. The van der Waals surface area contributed by atoms with Crippen molar-refractivity contribution in [2.24, 2.45) is 0 Å². The van der Waals surface area contributed by atoms with Crippen LogP contribution >= 0.6 is 0 Å². The molecule has 80 valence electrons. The summed E-state index contributed by atoms with van der Waals surface area (Å²) >= 11 is 0.